The minimum Gasteiger partial charge on any atom is -0.350 e. The third-order valence-electron chi connectivity index (χ3n) is 5.23. The molecule has 8 heteroatoms. The summed E-state index contributed by atoms with van der Waals surface area (Å²) in [4.78, 5) is 16.7. The number of hydrogen-bond donors (Lipinski definition) is 1. The van der Waals surface area contributed by atoms with Crippen molar-refractivity contribution < 1.29 is 18.0 Å². The van der Waals surface area contributed by atoms with Crippen LogP contribution in [0.4, 0.5) is 13.2 Å². The van der Waals surface area contributed by atoms with Crippen LogP contribution in [-0.4, -0.2) is 27.2 Å². The number of benzene rings is 1. The summed E-state index contributed by atoms with van der Waals surface area (Å²) in [6.07, 6.45) is 1.29. The second-order valence-electron chi connectivity index (χ2n) is 7.25. The first-order valence-electron chi connectivity index (χ1n) is 9.89. The van der Waals surface area contributed by atoms with E-state index >= 15 is 0 Å². The summed E-state index contributed by atoms with van der Waals surface area (Å²) in [7, 11) is 0. The van der Waals surface area contributed by atoms with E-state index in [9.17, 15) is 18.0 Å². The van der Waals surface area contributed by atoms with Crippen molar-refractivity contribution >= 4 is 5.91 Å². The molecule has 0 radical (unpaired) electrons. The zero-order valence-corrected chi connectivity index (χ0v) is 16.2. The molecule has 0 bridgehead atoms. The van der Waals surface area contributed by atoms with E-state index in [-0.39, 0.29) is 12.1 Å². The molecule has 1 amide bonds. The van der Waals surface area contributed by atoms with Crippen LogP contribution in [0.3, 0.4) is 0 Å². The maximum atomic E-state index is 12.9. The van der Waals surface area contributed by atoms with Crippen molar-refractivity contribution in [1.82, 2.24) is 20.1 Å². The number of amides is 1. The smallest absolute Gasteiger partial charge is 0.350 e. The molecule has 5 nitrogen and oxygen atoms in total. The first-order chi connectivity index (χ1) is 14.4. The molecule has 2 heterocycles. The number of carbonyl (C=O) groups is 1. The molecule has 1 aromatic carbocycles. The molecule has 0 aliphatic heterocycles. The Morgan fingerprint density at radius 2 is 1.93 bits per heavy atom. The van der Waals surface area contributed by atoms with Gasteiger partial charge in [-0.05, 0) is 56.0 Å². The van der Waals surface area contributed by atoms with Crippen LogP contribution in [0.5, 0.6) is 0 Å². The topological polar surface area (TPSA) is 59.8 Å². The number of alkyl halides is 3. The molecule has 30 heavy (non-hydrogen) atoms. The van der Waals surface area contributed by atoms with E-state index in [1.165, 1.54) is 17.7 Å². The summed E-state index contributed by atoms with van der Waals surface area (Å²) >= 11 is 0. The van der Waals surface area contributed by atoms with Gasteiger partial charge in [-0.3, -0.25) is 14.5 Å². The molecule has 0 saturated carbocycles. The summed E-state index contributed by atoms with van der Waals surface area (Å²) in [5.74, 6) is -0.535. The van der Waals surface area contributed by atoms with Crippen LogP contribution in [0.2, 0.25) is 0 Å². The lowest BCUT2D eigenvalue weighted by atomic mass is 9.95. The number of rotatable bonds is 5. The van der Waals surface area contributed by atoms with Crippen molar-refractivity contribution in [2.24, 2.45) is 0 Å². The van der Waals surface area contributed by atoms with E-state index in [0.29, 0.717) is 6.54 Å². The standard InChI is InChI=1S/C22H21F3N4O/c23-22(24,25)16-7-5-6-15(14-16)21(30)27-12-13-29-19-10-2-1-8-17(19)20(28-29)18-9-3-4-11-26-18/h3-7,9,11,14H,1-2,8,10,12-13H2,(H,27,30). The molecule has 1 N–H and O–H groups in total. The van der Waals surface area contributed by atoms with Gasteiger partial charge in [0.2, 0.25) is 0 Å². The van der Waals surface area contributed by atoms with E-state index in [0.717, 1.165) is 54.9 Å². The SMILES string of the molecule is O=C(NCCn1nc(-c2ccccn2)c2c1CCCC2)c1cccc(C(F)(F)F)c1. The molecule has 0 unspecified atom stereocenters. The second-order valence-corrected chi connectivity index (χ2v) is 7.25. The lowest BCUT2D eigenvalue weighted by Gasteiger charge is -2.14. The number of carbonyl (C=O) groups excluding carboxylic acids is 1. The normalized spacial score (nSPS) is 13.7. The first kappa shape index (κ1) is 20.1. The number of nitrogens with one attached hydrogen (secondary N) is 1. The highest BCUT2D eigenvalue weighted by Crippen LogP contribution is 2.31. The third-order valence-corrected chi connectivity index (χ3v) is 5.23. The van der Waals surface area contributed by atoms with Gasteiger partial charge in [0, 0.05) is 29.6 Å². The molecule has 156 valence electrons. The number of halogens is 3. The summed E-state index contributed by atoms with van der Waals surface area (Å²) in [6, 6.07) is 10.1. The Hall–Kier alpha value is -3.16. The minimum absolute atomic E-state index is 0.0125. The average molecular weight is 414 g/mol. The quantitative estimate of drug-likeness (QED) is 0.678. The van der Waals surface area contributed by atoms with Crippen molar-refractivity contribution in [3.63, 3.8) is 0 Å². The Balaban J connectivity index is 1.47. The van der Waals surface area contributed by atoms with Gasteiger partial charge in [0.25, 0.3) is 5.91 Å². The fraction of sp³-hybridized carbons (Fsp3) is 0.318. The molecule has 4 rings (SSSR count). The number of fused-ring (bicyclic) bond motifs is 1. The summed E-state index contributed by atoms with van der Waals surface area (Å²) in [5, 5.41) is 7.43. The number of nitrogens with zero attached hydrogens (tertiary/aromatic N) is 3. The van der Waals surface area contributed by atoms with Crippen molar-refractivity contribution in [3.8, 4) is 11.4 Å². The molecule has 0 fully saturated rings. The summed E-state index contributed by atoms with van der Waals surface area (Å²) < 4.78 is 40.5. The number of aromatic nitrogens is 3. The Bertz CT molecular complexity index is 1040. The molecule has 0 saturated heterocycles. The van der Waals surface area contributed by atoms with Crippen LogP contribution in [0, 0.1) is 0 Å². The molecule has 0 spiro atoms. The zero-order valence-electron chi connectivity index (χ0n) is 16.2. The van der Waals surface area contributed by atoms with Gasteiger partial charge in [-0.15, -0.1) is 0 Å². The Labute approximate surface area is 171 Å². The molecular weight excluding hydrogens is 393 g/mol. The van der Waals surface area contributed by atoms with E-state index in [1.54, 1.807) is 6.20 Å². The van der Waals surface area contributed by atoms with Crippen molar-refractivity contribution in [2.75, 3.05) is 6.54 Å². The molecule has 3 aromatic rings. The molecule has 0 atom stereocenters. The number of hydrogen-bond acceptors (Lipinski definition) is 3. The van der Waals surface area contributed by atoms with Gasteiger partial charge >= 0.3 is 6.18 Å². The molecule has 1 aliphatic carbocycles. The van der Waals surface area contributed by atoms with Crippen LogP contribution in [0.1, 0.15) is 40.0 Å². The largest absolute Gasteiger partial charge is 0.416 e. The van der Waals surface area contributed by atoms with E-state index in [2.05, 4.69) is 10.3 Å². The van der Waals surface area contributed by atoms with Crippen molar-refractivity contribution in [2.45, 2.75) is 38.4 Å². The van der Waals surface area contributed by atoms with Gasteiger partial charge in [0.1, 0.15) is 5.69 Å². The zero-order chi connectivity index (χ0) is 21.1. The van der Waals surface area contributed by atoms with Crippen LogP contribution in [0.25, 0.3) is 11.4 Å². The van der Waals surface area contributed by atoms with Crippen LogP contribution >= 0.6 is 0 Å². The monoisotopic (exact) mass is 414 g/mol. The highest BCUT2D eigenvalue weighted by Gasteiger charge is 2.31. The average Bonchev–Trinajstić information content (AvgIpc) is 3.13. The first-order valence-corrected chi connectivity index (χ1v) is 9.89. The van der Waals surface area contributed by atoms with E-state index in [1.807, 2.05) is 22.9 Å². The second kappa shape index (κ2) is 8.30. The Morgan fingerprint density at radius 3 is 2.70 bits per heavy atom. The highest BCUT2D eigenvalue weighted by molar-refractivity contribution is 5.94. The highest BCUT2D eigenvalue weighted by atomic mass is 19.4. The third kappa shape index (κ3) is 4.22. The van der Waals surface area contributed by atoms with Crippen LogP contribution in [0.15, 0.2) is 48.7 Å². The lowest BCUT2D eigenvalue weighted by molar-refractivity contribution is -0.137. The van der Waals surface area contributed by atoms with Gasteiger partial charge in [0.15, 0.2) is 0 Å². The van der Waals surface area contributed by atoms with Gasteiger partial charge < -0.3 is 5.32 Å². The maximum absolute atomic E-state index is 12.9. The van der Waals surface area contributed by atoms with Crippen molar-refractivity contribution in [1.29, 1.82) is 0 Å². The minimum atomic E-state index is -4.48. The predicted octanol–water partition coefficient (Wildman–Crippen LogP) is 4.27. The Morgan fingerprint density at radius 1 is 1.10 bits per heavy atom. The Kier molecular flexibility index (Phi) is 5.57. The molecule has 2 aromatic heterocycles. The van der Waals surface area contributed by atoms with E-state index in [4.69, 9.17) is 5.10 Å². The molecule has 1 aliphatic rings. The molecular formula is C22H21F3N4O. The maximum Gasteiger partial charge on any atom is 0.416 e. The summed E-state index contributed by atoms with van der Waals surface area (Å²) in [5.41, 5.74) is 3.19. The van der Waals surface area contributed by atoms with Gasteiger partial charge in [-0.2, -0.15) is 18.3 Å². The van der Waals surface area contributed by atoms with Crippen LogP contribution in [-0.2, 0) is 25.6 Å². The van der Waals surface area contributed by atoms with Gasteiger partial charge in [-0.1, -0.05) is 12.1 Å². The van der Waals surface area contributed by atoms with Crippen LogP contribution < -0.4 is 5.32 Å². The lowest BCUT2D eigenvalue weighted by Crippen LogP contribution is -2.28. The summed E-state index contributed by atoms with van der Waals surface area (Å²) in [6.45, 7) is 0.713. The predicted molar refractivity (Wildman–Crippen MR) is 106 cm³/mol. The fourth-order valence-electron chi connectivity index (χ4n) is 3.78. The van der Waals surface area contributed by atoms with E-state index < -0.39 is 17.6 Å². The fourth-order valence-corrected chi connectivity index (χ4v) is 3.78. The van der Waals surface area contributed by atoms with Gasteiger partial charge in [0.05, 0.1) is 17.8 Å². The van der Waals surface area contributed by atoms with Gasteiger partial charge in [-0.25, -0.2) is 0 Å². The number of pyridine rings is 1. The van der Waals surface area contributed by atoms with Crippen molar-refractivity contribution in [3.05, 3.63) is 71.0 Å².